The van der Waals surface area contributed by atoms with Crippen molar-refractivity contribution in [3.05, 3.63) is 65.5 Å². The molecule has 0 aliphatic carbocycles. The van der Waals surface area contributed by atoms with E-state index in [2.05, 4.69) is 33.0 Å². The van der Waals surface area contributed by atoms with Gasteiger partial charge >= 0.3 is 0 Å². The minimum atomic E-state index is 0.646. The van der Waals surface area contributed by atoms with Crippen LogP contribution in [0.4, 0.5) is 0 Å². The van der Waals surface area contributed by atoms with E-state index in [1.54, 1.807) is 0 Å². The number of rotatable bonds is 4. The van der Waals surface area contributed by atoms with Crippen molar-refractivity contribution in [3.63, 3.8) is 0 Å². The standard InChI is InChI=1S/C20H22N4/c21-12-16-3-1-4-17(11-16)14-23-9-6-20-19(23)7-10-24(20)15-18-5-2-8-22-13-18/h1-5,8,11,13,19-20H,6-7,9-10,14-15H2/t19-,20+/m0/s1. The van der Waals surface area contributed by atoms with Crippen LogP contribution in [0.25, 0.3) is 0 Å². The van der Waals surface area contributed by atoms with Crippen LogP contribution in [0.2, 0.25) is 0 Å². The molecule has 0 radical (unpaired) electrons. The van der Waals surface area contributed by atoms with Crippen LogP contribution in [0, 0.1) is 11.3 Å². The van der Waals surface area contributed by atoms with Gasteiger partial charge in [0.05, 0.1) is 11.6 Å². The van der Waals surface area contributed by atoms with Crippen molar-refractivity contribution in [2.24, 2.45) is 0 Å². The Morgan fingerprint density at radius 3 is 2.38 bits per heavy atom. The summed E-state index contributed by atoms with van der Waals surface area (Å²) >= 11 is 0. The Morgan fingerprint density at radius 1 is 1.00 bits per heavy atom. The number of likely N-dealkylation sites (tertiary alicyclic amines) is 2. The highest BCUT2D eigenvalue weighted by Crippen LogP contribution is 2.33. The third-order valence-corrected chi connectivity index (χ3v) is 5.36. The summed E-state index contributed by atoms with van der Waals surface area (Å²) in [6.07, 6.45) is 6.29. The van der Waals surface area contributed by atoms with Crippen LogP contribution in [0.15, 0.2) is 48.8 Å². The zero-order valence-corrected chi connectivity index (χ0v) is 13.8. The maximum Gasteiger partial charge on any atom is 0.0991 e. The second-order valence-corrected chi connectivity index (χ2v) is 6.83. The lowest BCUT2D eigenvalue weighted by Crippen LogP contribution is -2.36. The molecule has 2 aliphatic rings. The maximum atomic E-state index is 9.07. The monoisotopic (exact) mass is 318 g/mol. The second-order valence-electron chi connectivity index (χ2n) is 6.83. The van der Waals surface area contributed by atoms with Crippen molar-refractivity contribution in [2.75, 3.05) is 13.1 Å². The van der Waals surface area contributed by atoms with E-state index in [0.29, 0.717) is 12.1 Å². The number of hydrogen-bond acceptors (Lipinski definition) is 4. The minimum Gasteiger partial charge on any atom is -0.294 e. The highest BCUT2D eigenvalue weighted by molar-refractivity contribution is 5.32. The molecule has 1 aromatic carbocycles. The third-order valence-electron chi connectivity index (χ3n) is 5.36. The molecule has 2 aliphatic heterocycles. The smallest absolute Gasteiger partial charge is 0.0991 e. The number of hydrogen-bond donors (Lipinski definition) is 0. The predicted octanol–water partition coefficient (Wildman–Crippen LogP) is 2.80. The van der Waals surface area contributed by atoms with Crippen LogP contribution in [-0.4, -0.2) is 40.0 Å². The minimum absolute atomic E-state index is 0.646. The van der Waals surface area contributed by atoms with Crippen LogP contribution in [0.1, 0.15) is 29.5 Å². The van der Waals surface area contributed by atoms with Crippen LogP contribution in [-0.2, 0) is 13.1 Å². The fourth-order valence-corrected chi connectivity index (χ4v) is 4.26. The predicted molar refractivity (Wildman–Crippen MR) is 93.0 cm³/mol. The molecule has 0 N–H and O–H groups in total. The largest absolute Gasteiger partial charge is 0.294 e. The summed E-state index contributed by atoms with van der Waals surface area (Å²) in [7, 11) is 0. The summed E-state index contributed by atoms with van der Waals surface area (Å²) in [5.41, 5.74) is 3.31. The molecule has 2 atom stereocenters. The normalized spacial score (nSPS) is 24.0. The Labute approximate surface area is 143 Å². The van der Waals surface area contributed by atoms with Gasteiger partial charge < -0.3 is 0 Å². The average molecular weight is 318 g/mol. The van der Waals surface area contributed by atoms with Crippen LogP contribution < -0.4 is 0 Å². The molecular formula is C20H22N4. The van der Waals surface area contributed by atoms with Gasteiger partial charge in [-0.3, -0.25) is 14.8 Å². The lowest BCUT2D eigenvalue weighted by molar-refractivity contribution is 0.212. The van der Waals surface area contributed by atoms with E-state index < -0.39 is 0 Å². The van der Waals surface area contributed by atoms with E-state index in [0.717, 1.165) is 25.2 Å². The van der Waals surface area contributed by atoms with E-state index in [-0.39, 0.29) is 0 Å². The zero-order valence-electron chi connectivity index (χ0n) is 13.8. The SMILES string of the molecule is N#Cc1cccc(CN2CC[C@@H]3[C@@H]2CCN3Cc2cccnc2)c1. The lowest BCUT2D eigenvalue weighted by atomic mass is 10.1. The Morgan fingerprint density at radius 2 is 1.71 bits per heavy atom. The van der Waals surface area contributed by atoms with E-state index in [4.69, 9.17) is 5.26 Å². The van der Waals surface area contributed by atoms with Gasteiger partial charge in [-0.15, -0.1) is 0 Å². The lowest BCUT2D eigenvalue weighted by Gasteiger charge is -2.25. The number of fused-ring (bicyclic) bond motifs is 1. The molecule has 2 fully saturated rings. The van der Waals surface area contributed by atoms with Gasteiger partial charge in [0.25, 0.3) is 0 Å². The Balaban J connectivity index is 1.42. The number of pyridine rings is 1. The average Bonchev–Trinajstić information content (AvgIpc) is 3.20. The van der Waals surface area contributed by atoms with Gasteiger partial charge in [0, 0.05) is 50.7 Å². The van der Waals surface area contributed by atoms with Gasteiger partial charge in [-0.25, -0.2) is 0 Å². The first-order chi connectivity index (χ1) is 11.8. The second kappa shape index (κ2) is 6.72. The van der Waals surface area contributed by atoms with Crippen molar-refractivity contribution in [1.29, 1.82) is 5.26 Å². The van der Waals surface area contributed by atoms with Crippen molar-refractivity contribution in [2.45, 2.75) is 38.0 Å². The zero-order chi connectivity index (χ0) is 16.4. The van der Waals surface area contributed by atoms with Gasteiger partial charge in [0.15, 0.2) is 0 Å². The summed E-state index contributed by atoms with van der Waals surface area (Å²) in [4.78, 5) is 9.46. The first kappa shape index (κ1) is 15.3. The van der Waals surface area contributed by atoms with E-state index in [1.165, 1.54) is 30.5 Å². The quantitative estimate of drug-likeness (QED) is 0.869. The number of aromatic nitrogens is 1. The molecule has 0 saturated carbocycles. The van der Waals surface area contributed by atoms with Gasteiger partial charge in [0.1, 0.15) is 0 Å². The summed E-state index contributed by atoms with van der Waals surface area (Å²) < 4.78 is 0. The summed E-state index contributed by atoms with van der Waals surface area (Å²) in [6, 6.07) is 15.8. The van der Waals surface area contributed by atoms with Gasteiger partial charge in [-0.2, -0.15) is 5.26 Å². The van der Waals surface area contributed by atoms with Gasteiger partial charge in [-0.05, 0) is 42.2 Å². The fraction of sp³-hybridized carbons (Fsp3) is 0.400. The number of nitrogens with zero attached hydrogens (tertiary/aromatic N) is 4. The Bertz CT molecular complexity index is 737. The molecule has 4 rings (SSSR count). The summed E-state index contributed by atoms with van der Waals surface area (Å²) in [6.45, 7) is 4.28. The van der Waals surface area contributed by atoms with Crippen LogP contribution in [0.3, 0.4) is 0 Å². The molecular weight excluding hydrogens is 296 g/mol. The first-order valence-electron chi connectivity index (χ1n) is 8.69. The summed E-state index contributed by atoms with van der Waals surface area (Å²) in [5, 5.41) is 9.07. The molecule has 0 spiro atoms. The van der Waals surface area contributed by atoms with Crippen molar-refractivity contribution in [1.82, 2.24) is 14.8 Å². The van der Waals surface area contributed by atoms with Gasteiger partial charge in [-0.1, -0.05) is 18.2 Å². The van der Waals surface area contributed by atoms with E-state index in [1.807, 2.05) is 36.7 Å². The van der Waals surface area contributed by atoms with E-state index in [9.17, 15) is 0 Å². The molecule has 0 amide bonds. The van der Waals surface area contributed by atoms with Crippen LogP contribution >= 0.6 is 0 Å². The summed E-state index contributed by atoms with van der Waals surface area (Å²) in [5.74, 6) is 0. The molecule has 4 nitrogen and oxygen atoms in total. The molecule has 122 valence electrons. The van der Waals surface area contributed by atoms with Crippen LogP contribution in [0.5, 0.6) is 0 Å². The highest BCUT2D eigenvalue weighted by Gasteiger charge is 2.41. The molecule has 24 heavy (non-hydrogen) atoms. The molecule has 0 bridgehead atoms. The van der Waals surface area contributed by atoms with Gasteiger partial charge in [0.2, 0.25) is 0 Å². The number of benzene rings is 1. The Hall–Kier alpha value is -2.22. The molecule has 1 aromatic heterocycles. The first-order valence-corrected chi connectivity index (χ1v) is 8.69. The topological polar surface area (TPSA) is 43.2 Å². The molecule has 3 heterocycles. The fourth-order valence-electron chi connectivity index (χ4n) is 4.26. The van der Waals surface area contributed by atoms with Crippen molar-refractivity contribution < 1.29 is 0 Å². The van der Waals surface area contributed by atoms with E-state index >= 15 is 0 Å². The molecule has 2 aromatic rings. The molecule has 0 unspecified atom stereocenters. The highest BCUT2D eigenvalue weighted by atomic mass is 15.3. The van der Waals surface area contributed by atoms with Crippen molar-refractivity contribution in [3.8, 4) is 6.07 Å². The number of nitriles is 1. The molecule has 2 saturated heterocycles. The third kappa shape index (κ3) is 3.06. The molecule has 4 heteroatoms. The maximum absolute atomic E-state index is 9.07. The Kier molecular flexibility index (Phi) is 4.29. The van der Waals surface area contributed by atoms with Crippen molar-refractivity contribution >= 4 is 0 Å².